The van der Waals surface area contributed by atoms with Gasteiger partial charge in [-0.15, -0.1) is 0 Å². The number of aryl methyl sites for hydroxylation is 1. The summed E-state index contributed by atoms with van der Waals surface area (Å²) in [7, 11) is -3.13. The molecule has 5 heteroatoms. The van der Waals surface area contributed by atoms with Crippen molar-refractivity contribution >= 4 is 21.4 Å². The van der Waals surface area contributed by atoms with Gasteiger partial charge in [0.1, 0.15) is 0 Å². The second-order valence-corrected chi connectivity index (χ2v) is 9.36. The molecule has 0 saturated heterocycles. The van der Waals surface area contributed by atoms with Gasteiger partial charge in [-0.05, 0) is 62.1 Å². The Labute approximate surface area is 156 Å². The Balaban J connectivity index is 1.99. The van der Waals surface area contributed by atoms with Crippen molar-refractivity contribution in [2.75, 3.05) is 5.32 Å². The summed E-state index contributed by atoms with van der Waals surface area (Å²) >= 11 is 0. The summed E-state index contributed by atoms with van der Waals surface area (Å²) in [4.78, 5) is 12.3. The number of sulfone groups is 1. The number of hydrogen-bond donors (Lipinski definition) is 1. The van der Waals surface area contributed by atoms with Gasteiger partial charge in [0, 0.05) is 11.3 Å². The highest BCUT2D eigenvalue weighted by Gasteiger charge is 2.16. The topological polar surface area (TPSA) is 63.2 Å². The van der Waals surface area contributed by atoms with E-state index in [0.29, 0.717) is 11.3 Å². The van der Waals surface area contributed by atoms with Crippen LogP contribution in [-0.2, 0) is 22.0 Å². The van der Waals surface area contributed by atoms with E-state index in [-0.39, 0.29) is 11.7 Å². The van der Waals surface area contributed by atoms with Gasteiger partial charge in [-0.25, -0.2) is 8.42 Å². The van der Waals surface area contributed by atoms with Crippen LogP contribution in [0.25, 0.3) is 0 Å². The highest BCUT2D eigenvalue weighted by molar-refractivity contribution is 7.91. The van der Waals surface area contributed by atoms with Crippen LogP contribution in [-0.4, -0.2) is 19.6 Å². The Morgan fingerprint density at radius 2 is 1.54 bits per heavy atom. The van der Waals surface area contributed by atoms with Crippen molar-refractivity contribution in [1.29, 1.82) is 0 Å². The zero-order chi connectivity index (χ0) is 19.2. The first kappa shape index (κ1) is 20.2. The van der Waals surface area contributed by atoms with Gasteiger partial charge in [0.05, 0.1) is 11.0 Å². The number of unbranched alkanes of at least 4 members (excludes halogenated alkanes) is 1. The van der Waals surface area contributed by atoms with Crippen molar-refractivity contribution in [3.63, 3.8) is 0 Å². The number of carbonyl (C=O) groups is 1. The second-order valence-electron chi connectivity index (χ2n) is 6.81. The summed E-state index contributed by atoms with van der Waals surface area (Å²) in [6, 6.07) is 14.6. The maximum Gasteiger partial charge on any atom is 0.255 e. The molecule has 0 heterocycles. The number of hydrogen-bond acceptors (Lipinski definition) is 3. The molecule has 140 valence electrons. The number of rotatable bonds is 8. The monoisotopic (exact) mass is 373 g/mol. The van der Waals surface area contributed by atoms with E-state index in [1.807, 2.05) is 24.3 Å². The highest BCUT2D eigenvalue weighted by Crippen LogP contribution is 2.16. The maximum atomic E-state index is 12.3. The molecule has 0 aliphatic rings. The van der Waals surface area contributed by atoms with E-state index >= 15 is 0 Å². The fraction of sp³-hybridized carbons (Fsp3) is 0.381. The molecule has 0 unspecified atom stereocenters. The Hall–Kier alpha value is -2.14. The van der Waals surface area contributed by atoms with Crippen LogP contribution < -0.4 is 5.32 Å². The molecule has 0 fully saturated rings. The van der Waals surface area contributed by atoms with E-state index in [1.54, 1.807) is 38.1 Å². The predicted molar refractivity (Wildman–Crippen MR) is 107 cm³/mol. The smallest absolute Gasteiger partial charge is 0.255 e. The quantitative estimate of drug-likeness (QED) is 0.735. The van der Waals surface area contributed by atoms with Crippen molar-refractivity contribution in [2.24, 2.45) is 0 Å². The van der Waals surface area contributed by atoms with Crippen LogP contribution in [0.5, 0.6) is 0 Å². The molecule has 0 aliphatic heterocycles. The minimum Gasteiger partial charge on any atom is -0.322 e. The molecular weight excluding hydrogens is 346 g/mol. The fourth-order valence-corrected chi connectivity index (χ4v) is 3.48. The molecule has 2 aromatic rings. The molecule has 0 saturated carbocycles. The molecular formula is C21H27NO3S. The SMILES string of the molecule is CCCCc1ccc(C(=O)Nc2ccc(CS(=O)(=O)C(C)C)cc2)cc1. The summed E-state index contributed by atoms with van der Waals surface area (Å²) in [5.41, 5.74) is 3.21. The molecule has 0 radical (unpaired) electrons. The van der Waals surface area contributed by atoms with Gasteiger partial charge >= 0.3 is 0 Å². The summed E-state index contributed by atoms with van der Waals surface area (Å²) in [6.07, 6.45) is 3.32. The van der Waals surface area contributed by atoms with E-state index in [0.717, 1.165) is 24.8 Å². The summed E-state index contributed by atoms with van der Waals surface area (Å²) in [5, 5.41) is 2.44. The lowest BCUT2D eigenvalue weighted by Crippen LogP contribution is -2.16. The number of amides is 1. The van der Waals surface area contributed by atoms with Crippen molar-refractivity contribution in [3.05, 3.63) is 65.2 Å². The lowest BCUT2D eigenvalue weighted by Gasteiger charge is -2.09. The minimum absolute atomic E-state index is 0.0120. The third kappa shape index (κ3) is 5.70. The molecule has 26 heavy (non-hydrogen) atoms. The first-order valence-electron chi connectivity index (χ1n) is 9.02. The van der Waals surface area contributed by atoms with Crippen LogP contribution in [0.2, 0.25) is 0 Å². The first-order chi connectivity index (χ1) is 12.3. The van der Waals surface area contributed by atoms with Crippen LogP contribution in [0.1, 0.15) is 55.1 Å². The zero-order valence-electron chi connectivity index (χ0n) is 15.7. The van der Waals surface area contributed by atoms with E-state index < -0.39 is 15.1 Å². The largest absolute Gasteiger partial charge is 0.322 e. The summed E-state index contributed by atoms with van der Waals surface area (Å²) in [6.45, 7) is 5.51. The lowest BCUT2D eigenvalue weighted by molar-refractivity contribution is 0.102. The van der Waals surface area contributed by atoms with Crippen molar-refractivity contribution in [3.8, 4) is 0 Å². The standard InChI is InChI=1S/C21H27NO3S/c1-4-5-6-17-7-11-19(12-8-17)21(23)22-20-13-9-18(10-14-20)15-26(24,25)16(2)3/h7-14,16H,4-6,15H2,1-3H3,(H,22,23). The average Bonchev–Trinajstić information content (AvgIpc) is 2.61. The highest BCUT2D eigenvalue weighted by atomic mass is 32.2. The van der Waals surface area contributed by atoms with Crippen LogP contribution >= 0.6 is 0 Å². The second kappa shape index (κ2) is 8.99. The summed E-state index contributed by atoms with van der Waals surface area (Å²) in [5.74, 6) is -0.160. The number of anilines is 1. The van der Waals surface area contributed by atoms with Gasteiger partial charge in [-0.1, -0.05) is 37.6 Å². The van der Waals surface area contributed by atoms with E-state index in [1.165, 1.54) is 5.56 Å². The number of carbonyl (C=O) groups excluding carboxylic acids is 1. The summed E-state index contributed by atoms with van der Waals surface area (Å²) < 4.78 is 23.9. The molecule has 4 nitrogen and oxygen atoms in total. The van der Waals surface area contributed by atoms with E-state index in [2.05, 4.69) is 12.2 Å². The van der Waals surface area contributed by atoms with Crippen LogP contribution in [0.3, 0.4) is 0 Å². The zero-order valence-corrected chi connectivity index (χ0v) is 16.5. The molecule has 0 aliphatic carbocycles. The van der Waals surface area contributed by atoms with Crippen LogP contribution in [0.15, 0.2) is 48.5 Å². The fourth-order valence-electron chi connectivity index (χ4n) is 2.49. The molecule has 0 bridgehead atoms. The Bertz CT molecular complexity index is 823. The Morgan fingerprint density at radius 3 is 2.08 bits per heavy atom. The lowest BCUT2D eigenvalue weighted by atomic mass is 10.1. The molecule has 0 spiro atoms. The normalized spacial score (nSPS) is 11.5. The van der Waals surface area contributed by atoms with Crippen molar-refractivity contribution in [2.45, 2.75) is 51.0 Å². The third-order valence-corrected chi connectivity index (χ3v) is 6.51. The molecule has 0 atom stereocenters. The van der Waals surface area contributed by atoms with Crippen LogP contribution in [0.4, 0.5) is 5.69 Å². The predicted octanol–water partition coefficient (Wildman–Crippen LogP) is 4.60. The molecule has 2 rings (SSSR count). The van der Waals surface area contributed by atoms with Gasteiger partial charge in [0.15, 0.2) is 9.84 Å². The Kier molecular flexibility index (Phi) is 6.98. The molecule has 0 aromatic heterocycles. The van der Waals surface area contributed by atoms with Crippen LogP contribution in [0, 0.1) is 0 Å². The third-order valence-electron chi connectivity index (χ3n) is 4.33. The van der Waals surface area contributed by atoms with Gasteiger partial charge in [0.25, 0.3) is 5.91 Å². The molecule has 1 amide bonds. The van der Waals surface area contributed by atoms with Crippen molar-refractivity contribution < 1.29 is 13.2 Å². The van der Waals surface area contributed by atoms with Gasteiger partial charge < -0.3 is 5.32 Å². The van der Waals surface area contributed by atoms with E-state index in [4.69, 9.17) is 0 Å². The number of nitrogens with one attached hydrogen (secondary N) is 1. The van der Waals surface area contributed by atoms with Crippen molar-refractivity contribution in [1.82, 2.24) is 0 Å². The first-order valence-corrected chi connectivity index (χ1v) is 10.7. The minimum atomic E-state index is -3.13. The van der Waals surface area contributed by atoms with Gasteiger partial charge in [-0.3, -0.25) is 4.79 Å². The molecule has 1 N–H and O–H groups in total. The van der Waals surface area contributed by atoms with Gasteiger partial charge in [0.2, 0.25) is 0 Å². The van der Waals surface area contributed by atoms with E-state index in [9.17, 15) is 13.2 Å². The average molecular weight is 374 g/mol. The number of benzene rings is 2. The van der Waals surface area contributed by atoms with Gasteiger partial charge in [-0.2, -0.15) is 0 Å². The Morgan fingerprint density at radius 1 is 0.962 bits per heavy atom. The molecule has 2 aromatic carbocycles. The maximum absolute atomic E-state index is 12.3.